The summed E-state index contributed by atoms with van der Waals surface area (Å²) in [6, 6.07) is 0. The highest BCUT2D eigenvalue weighted by molar-refractivity contribution is 9.12. The van der Waals surface area contributed by atoms with Crippen LogP contribution < -0.4 is 0 Å². The standard InChI is InChI=1S/C6H8BrNO2/c1-8(2)3-5(7)6(10)4-9/h3-4H,1-2H3/b5-3-. The van der Waals surface area contributed by atoms with Crippen LogP contribution in [0.15, 0.2) is 10.7 Å². The first-order valence-electron chi connectivity index (χ1n) is 2.61. The van der Waals surface area contributed by atoms with E-state index >= 15 is 0 Å². The molecule has 0 bridgehead atoms. The van der Waals surface area contributed by atoms with Crippen LogP contribution in [-0.2, 0) is 9.59 Å². The van der Waals surface area contributed by atoms with Crippen molar-refractivity contribution in [3.63, 3.8) is 0 Å². The van der Waals surface area contributed by atoms with Crippen LogP contribution in [0.1, 0.15) is 0 Å². The Morgan fingerprint density at radius 1 is 1.50 bits per heavy atom. The normalized spacial score (nSPS) is 10.9. The van der Waals surface area contributed by atoms with Crippen LogP contribution in [0.3, 0.4) is 0 Å². The summed E-state index contributed by atoms with van der Waals surface area (Å²) in [4.78, 5) is 22.1. The Morgan fingerprint density at radius 2 is 2.00 bits per heavy atom. The van der Waals surface area contributed by atoms with E-state index in [4.69, 9.17) is 0 Å². The first kappa shape index (κ1) is 9.36. The van der Waals surface area contributed by atoms with Crippen molar-refractivity contribution < 1.29 is 9.59 Å². The predicted octanol–water partition coefficient (Wildman–Crippen LogP) is 0.552. The molecule has 0 saturated heterocycles. The van der Waals surface area contributed by atoms with Crippen molar-refractivity contribution in [2.45, 2.75) is 0 Å². The Bertz CT molecular complexity index is 175. The van der Waals surface area contributed by atoms with Gasteiger partial charge in [0.2, 0.25) is 5.78 Å². The number of hydrogen-bond donors (Lipinski definition) is 0. The molecule has 0 rings (SSSR count). The fraction of sp³-hybridized carbons (Fsp3) is 0.333. The number of rotatable bonds is 3. The third-order valence-electron chi connectivity index (χ3n) is 0.714. The predicted molar refractivity (Wildman–Crippen MR) is 41.8 cm³/mol. The van der Waals surface area contributed by atoms with Crippen molar-refractivity contribution in [3.8, 4) is 0 Å². The average Bonchev–Trinajstić information content (AvgIpc) is 1.85. The molecule has 10 heavy (non-hydrogen) atoms. The molecule has 4 heteroatoms. The molecule has 0 aliphatic carbocycles. The minimum atomic E-state index is -0.547. The molecule has 0 aromatic carbocycles. The number of nitrogens with zero attached hydrogens (tertiary/aromatic N) is 1. The van der Waals surface area contributed by atoms with Gasteiger partial charge in [0.05, 0.1) is 4.48 Å². The molecule has 0 amide bonds. The van der Waals surface area contributed by atoms with E-state index in [0.29, 0.717) is 0 Å². The highest BCUT2D eigenvalue weighted by Gasteiger charge is 2.02. The average molecular weight is 206 g/mol. The number of allylic oxidation sites excluding steroid dienone is 1. The number of hydrogen-bond acceptors (Lipinski definition) is 3. The zero-order valence-electron chi connectivity index (χ0n) is 5.80. The van der Waals surface area contributed by atoms with Crippen molar-refractivity contribution in [3.05, 3.63) is 10.7 Å². The van der Waals surface area contributed by atoms with E-state index in [-0.39, 0.29) is 10.8 Å². The minimum Gasteiger partial charge on any atom is -0.382 e. The quantitative estimate of drug-likeness (QED) is 0.384. The van der Waals surface area contributed by atoms with Crippen molar-refractivity contribution in [2.75, 3.05) is 14.1 Å². The molecule has 56 valence electrons. The maximum Gasteiger partial charge on any atom is 0.233 e. The fourth-order valence-electron chi connectivity index (χ4n) is 0.347. The molecule has 0 N–H and O–H groups in total. The summed E-state index contributed by atoms with van der Waals surface area (Å²) >= 11 is 2.94. The van der Waals surface area contributed by atoms with E-state index in [1.54, 1.807) is 19.0 Å². The molecule has 0 aromatic rings. The van der Waals surface area contributed by atoms with E-state index in [0.717, 1.165) is 0 Å². The summed E-state index contributed by atoms with van der Waals surface area (Å²) in [7, 11) is 3.53. The molecule has 0 aliphatic heterocycles. The largest absolute Gasteiger partial charge is 0.382 e. The van der Waals surface area contributed by atoms with Crippen molar-refractivity contribution in [2.24, 2.45) is 0 Å². The Hall–Kier alpha value is -0.640. The molecular formula is C6H8BrNO2. The fourth-order valence-corrected chi connectivity index (χ4v) is 0.850. The Balaban J connectivity index is 4.19. The second-order valence-corrected chi connectivity index (χ2v) is 2.78. The summed E-state index contributed by atoms with van der Waals surface area (Å²) in [6.45, 7) is 0. The lowest BCUT2D eigenvalue weighted by Crippen LogP contribution is -2.06. The highest BCUT2D eigenvalue weighted by atomic mass is 79.9. The van der Waals surface area contributed by atoms with Gasteiger partial charge in [-0.05, 0) is 15.9 Å². The molecule has 0 saturated carbocycles. The maximum atomic E-state index is 10.5. The molecule has 0 atom stereocenters. The Kier molecular flexibility index (Phi) is 3.95. The first-order chi connectivity index (χ1) is 4.57. The number of aldehydes is 1. The summed E-state index contributed by atoms with van der Waals surface area (Å²) in [5.41, 5.74) is 0. The molecular weight excluding hydrogens is 198 g/mol. The topological polar surface area (TPSA) is 37.4 Å². The summed E-state index contributed by atoms with van der Waals surface area (Å²) in [6.07, 6.45) is 1.79. The van der Waals surface area contributed by atoms with Crippen molar-refractivity contribution >= 4 is 28.0 Å². The molecule has 0 spiro atoms. The molecule has 0 fully saturated rings. The van der Waals surface area contributed by atoms with E-state index in [1.807, 2.05) is 0 Å². The van der Waals surface area contributed by atoms with Gasteiger partial charge >= 0.3 is 0 Å². The van der Waals surface area contributed by atoms with Crippen LogP contribution >= 0.6 is 15.9 Å². The van der Waals surface area contributed by atoms with Gasteiger partial charge in [0.25, 0.3) is 0 Å². The smallest absolute Gasteiger partial charge is 0.233 e. The van der Waals surface area contributed by atoms with Gasteiger partial charge < -0.3 is 4.90 Å². The van der Waals surface area contributed by atoms with Crippen LogP contribution in [0.5, 0.6) is 0 Å². The molecule has 0 unspecified atom stereocenters. The SMILES string of the molecule is CN(C)/C=C(\Br)C(=O)C=O. The lowest BCUT2D eigenvalue weighted by molar-refractivity contribution is -0.126. The Morgan fingerprint density at radius 3 is 2.30 bits per heavy atom. The lowest BCUT2D eigenvalue weighted by atomic mass is 10.4. The van der Waals surface area contributed by atoms with Crippen molar-refractivity contribution in [1.82, 2.24) is 4.90 Å². The van der Waals surface area contributed by atoms with Gasteiger partial charge in [-0.3, -0.25) is 9.59 Å². The third-order valence-corrected chi connectivity index (χ3v) is 1.31. The van der Waals surface area contributed by atoms with Crippen molar-refractivity contribution in [1.29, 1.82) is 0 Å². The van der Waals surface area contributed by atoms with Gasteiger partial charge in [-0.15, -0.1) is 0 Å². The van der Waals surface area contributed by atoms with E-state index in [1.165, 1.54) is 6.20 Å². The molecule has 0 radical (unpaired) electrons. The van der Waals surface area contributed by atoms with Crippen LogP contribution in [-0.4, -0.2) is 31.1 Å². The van der Waals surface area contributed by atoms with Crippen LogP contribution in [0.25, 0.3) is 0 Å². The first-order valence-corrected chi connectivity index (χ1v) is 3.40. The second kappa shape index (κ2) is 4.22. The highest BCUT2D eigenvalue weighted by Crippen LogP contribution is 2.04. The van der Waals surface area contributed by atoms with Gasteiger partial charge in [0.1, 0.15) is 0 Å². The van der Waals surface area contributed by atoms with Gasteiger partial charge in [-0.25, -0.2) is 0 Å². The number of Topliss-reactive ketones (excluding diaryl/α,β-unsaturated/α-hetero) is 1. The zero-order valence-corrected chi connectivity index (χ0v) is 7.38. The molecule has 0 aliphatic rings. The van der Waals surface area contributed by atoms with Gasteiger partial charge in [-0.2, -0.15) is 0 Å². The van der Waals surface area contributed by atoms with Crippen LogP contribution in [0.4, 0.5) is 0 Å². The summed E-state index contributed by atoms with van der Waals surface area (Å²) in [5, 5.41) is 0. The monoisotopic (exact) mass is 205 g/mol. The lowest BCUT2D eigenvalue weighted by Gasteiger charge is -2.03. The van der Waals surface area contributed by atoms with E-state index < -0.39 is 5.78 Å². The van der Waals surface area contributed by atoms with E-state index in [9.17, 15) is 9.59 Å². The zero-order chi connectivity index (χ0) is 8.15. The number of ketones is 1. The molecule has 0 heterocycles. The molecule has 0 aromatic heterocycles. The van der Waals surface area contributed by atoms with Gasteiger partial charge in [-0.1, -0.05) is 0 Å². The Labute approximate surface area is 67.8 Å². The third kappa shape index (κ3) is 3.40. The number of carbonyl (C=O) groups is 2. The number of halogens is 1. The maximum absolute atomic E-state index is 10.5. The minimum absolute atomic E-state index is 0.268. The van der Waals surface area contributed by atoms with Gasteiger partial charge in [0, 0.05) is 20.3 Å². The van der Waals surface area contributed by atoms with Gasteiger partial charge in [0.15, 0.2) is 6.29 Å². The van der Waals surface area contributed by atoms with Crippen LogP contribution in [0.2, 0.25) is 0 Å². The van der Waals surface area contributed by atoms with Crippen LogP contribution in [0, 0.1) is 0 Å². The summed E-state index contributed by atoms with van der Waals surface area (Å²) < 4.78 is 0.271. The summed E-state index contributed by atoms with van der Waals surface area (Å²) in [5.74, 6) is -0.547. The number of carbonyl (C=O) groups excluding carboxylic acids is 2. The molecule has 3 nitrogen and oxygen atoms in total. The second-order valence-electron chi connectivity index (χ2n) is 1.92. The van der Waals surface area contributed by atoms with E-state index in [2.05, 4.69) is 15.9 Å².